The van der Waals surface area contributed by atoms with Gasteiger partial charge in [-0.1, -0.05) is 30.3 Å². The summed E-state index contributed by atoms with van der Waals surface area (Å²) in [6, 6.07) is 15.2. The van der Waals surface area contributed by atoms with Crippen molar-refractivity contribution in [1.29, 1.82) is 0 Å². The van der Waals surface area contributed by atoms with Crippen LogP contribution in [0.3, 0.4) is 0 Å². The summed E-state index contributed by atoms with van der Waals surface area (Å²) in [6.07, 6.45) is 3.94. The summed E-state index contributed by atoms with van der Waals surface area (Å²) < 4.78 is 13.0. The van der Waals surface area contributed by atoms with Crippen molar-refractivity contribution in [3.63, 3.8) is 0 Å². The Labute approximate surface area is 220 Å². The van der Waals surface area contributed by atoms with E-state index in [0.717, 1.165) is 5.52 Å². The third-order valence-corrected chi connectivity index (χ3v) is 6.63. The predicted octanol–water partition coefficient (Wildman–Crippen LogP) is 3.68. The third kappa shape index (κ3) is 5.15. The number of fused-ring (bicyclic) bond motifs is 2. The zero-order valence-corrected chi connectivity index (χ0v) is 21.6. The Morgan fingerprint density at radius 2 is 1.87 bits per heavy atom. The average molecular weight is 515 g/mol. The number of carbonyl (C=O) groups excluding carboxylic acids is 2. The monoisotopic (exact) mass is 514 g/mol. The number of rotatable bonds is 8. The Balaban J connectivity index is 1.61. The Hall–Kier alpha value is -4.47. The second-order valence-corrected chi connectivity index (χ2v) is 9.74. The average Bonchev–Trinajstić information content (AvgIpc) is 3.34. The fraction of sp³-hybridized carbons (Fsp3) is 0.321. The van der Waals surface area contributed by atoms with Gasteiger partial charge in [-0.05, 0) is 50.6 Å². The number of pyridine rings is 1. The number of amides is 2. The summed E-state index contributed by atoms with van der Waals surface area (Å²) >= 11 is 0. The van der Waals surface area contributed by atoms with Crippen molar-refractivity contribution in [1.82, 2.24) is 25.3 Å². The number of ether oxygens (including phenoxy) is 2. The molecule has 1 N–H and O–H groups in total. The molecule has 0 fully saturated rings. The highest BCUT2D eigenvalue weighted by Gasteiger charge is 2.36. The van der Waals surface area contributed by atoms with E-state index in [1.807, 2.05) is 45.0 Å². The van der Waals surface area contributed by atoms with Crippen LogP contribution in [0.5, 0.6) is 11.5 Å². The number of benzene rings is 2. The molecular formula is C28H30N6O4. The van der Waals surface area contributed by atoms with Crippen LogP contribution in [-0.2, 0) is 16.1 Å². The number of anilines is 1. The molecular weight excluding hydrogens is 484 g/mol. The zero-order valence-electron chi connectivity index (χ0n) is 21.6. The first-order chi connectivity index (χ1) is 18.4. The van der Waals surface area contributed by atoms with Gasteiger partial charge in [0, 0.05) is 35.2 Å². The molecule has 0 saturated carbocycles. The van der Waals surface area contributed by atoms with Crippen molar-refractivity contribution < 1.29 is 19.1 Å². The van der Waals surface area contributed by atoms with Crippen molar-refractivity contribution in [2.45, 2.75) is 45.3 Å². The van der Waals surface area contributed by atoms with Crippen molar-refractivity contribution in [3.8, 4) is 11.5 Å². The molecule has 0 bridgehead atoms. The van der Waals surface area contributed by atoms with Crippen molar-refractivity contribution in [3.05, 3.63) is 72.6 Å². The normalized spacial score (nSPS) is 13.7. The summed E-state index contributed by atoms with van der Waals surface area (Å²) in [6.45, 7) is 6.61. The van der Waals surface area contributed by atoms with Crippen LogP contribution < -0.4 is 19.7 Å². The number of para-hydroxylation sites is 1. The topological polar surface area (TPSA) is 111 Å². The lowest BCUT2D eigenvalue weighted by atomic mass is 9.99. The van der Waals surface area contributed by atoms with Crippen LogP contribution >= 0.6 is 0 Å². The first-order valence-corrected chi connectivity index (χ1v) is 12.6. The van der Waals surface area contributed by atoms with Gasteiger partial charge in [0.05, 0.1) is 5.52 Å². The molecule has 10 nitrogen and oxygen atoms in total. The van der Waals surface area contributed by atoms with Crippen molar-refractivity contribution in [2.75, 3.05) is 18.1 Å². The van der Waals surface area contributed by atoms with Gasteiger partial charge in [0.25, 0.3) is 0 Å². The molecule has 5 rings (SSSR count). The Morgan fingerprint density at radius 3 is 2.63 bits per heavy atom. The molecule has 1 aliphatic rings. The van der Waals surface area contributed by atoms with Gasteiger partial charge in [-0.25, -0.2) is 4.68 Å². The maximum atomic E-state index is 14.1. The van der Waals surface area contributed by atoms with Crippen LogP contribution in [0.1, 0.15) is 38.8 Å². The van der Waals surface area contributed by atoms with E-state index in [2.05, 4.69) is 20.6 Å². The molecule has 2 amide bonds. The fourth-order valence-corrected chi connectivity index (χ4v) is 4.30. The van der Waals surface area contributed by atoms with Gasteiger partial charge in [0.2, 0.25) is 11.8 Å². The molecule has 10 heteroatoms. The second-order valence-electron chi connectivity index (χ2n) is 9.74. The minimum Gasteiger partial charge on any atom is -0.486 e. The number of aromatic nitrogens is 4. The highest BCUT2D eigenvalue weighted by atomic mass is 16.6. The molecule has 1 unspecified atom stereocenters. The van der Waals surface area contributed by atoms with Gasteiger partial charge >= 0.3 is 0 Å². The molecule has 0 spiro atoms. The quantitative estimate of drug-likeness (QED) is 0.382. The van der Waals surface area contributed by atoms with E-state index in [4.69, 9.17) is 9.47 Å². The summed E-state index contributed by atoms with van der Waals surface area (Å²) in [4.78, 5) is 33.8. The van der Waals surface area contributed by atoms with Crippen LogP contribution in [-0.4, -0.2) is 50.5 Å². The van der Waals surface area contributed by atoms with Crippen LogP contribution in [0.25, 0.3) is 11.0 Å². The number of hydrogen-bond acceptors (Lipinski definition) is 7. The molecule has 38 heavy (non-hydrogen) atoms. The SMILES string of the molecule is CCC(C)(C)NC(=O)C(c1cccnc1)N(C(=O)Cn1nnc2ccccc21)c1ccc2c(c1)OCCO2. The van der Waals surface area contributed by atoms with Crippen LogP contribution in [0.15, 0.2) is 67.0 Å². The molecule has 2 aromatic carbocycles. The molecule has 196 valence electrons. The zero-order chi connectivity index (χ0) is 26.7. The van der Waals surface area contributed by atoms with Crippen LogP contribution in [0.4, 0.5) is 5.69 Å². The summed E-state index contributed by atoms with van der Waals surface area (Å²) in [5.74, 6) is 0.424. The third-order valence-electron chi connectivity index (χ3n) is 6.63. The van der Waals surface area contributed by atoms with E-state index in [1.165, 1.54) is 9.58 Å². The highest BCUT2D eigenvalue weighted by molar-refractivity contribution is 6.02. The van der Waals surface area contributed by atoms with E-state index in [1.54, 1.807) is 42.7 Å². The first-order valence-electron chi connectivity index (χ1n) is 12.6. The molecule has 0 aliphatic carbocycles. The van der Waals surface area contributed by atoms with Crippen LogP contribution in [0, 0.1) is 0 Å². The highest BCUT2D eigenvalue weighted by Crippen LogP contribution is 2.37. The van der Waals surface area contributed by atoms with Gasteiger partial charge in [0.15, 0.2) is 11.5 Å². The van der Waals surface area contributed by atoms with Crippen LogP contribution in [0.2, 0.25) is 0 Å². The number of nitrogens with zero attached hydrogens (tertiary/aromatic N) is 5. The summed E-state index contributed by atoms with van der Waals surface area (Å²) in [5.41, 5.74) is 1.97. The van der Waals surface area contributed by atoms with Gasteiger partial charge in [-0.2, -0.15) is 0 Å². The fourth-order valence-electron chi connectivity index (χ4n) is 4.30. The van der Waals surface area contributed by atoms with Gasteiger partial charge in [-0.15, -0.1) is 5.10 Å². The lowest BCUT2D eigenvalue weighted by Gasteiger charge is -2.35. The molecule has 1 aliphatic heterocycles. The lowest BCUT2D eigenvalue weighted by molar-refractivity contribution is -0.128. The van der Waals surface area contributed by atoms with E-state index in [0.29, 0.717) is 47.9 Å². The Morgan fingerprint density at radius 1 is 1.08 bits per heavy atom. The number of carbonyl (C=O) groups is 2. The summed E-state index contributed by atoms with van der Waals surface area (Å²) in [7, 11) is 0. The minimum absolute atomic E-state index is 0.129. The molecule has 4 aromatic rings. The van der Waals surface area contributed by atoms with Gasteiger partial charge < -0.3 is 14.8 Å². The van der Waals surface area contributed by atoms with E-state index in [-0.39, 0.29) is 18.4 Å². The molecule has 3 heterocycles. The predicted molar refractivity (Wildman–Crippen MR) is 142 cm³/mol. The first kappa shape index (κ1) is 25.2. The van der Waals surface area contributed by atoms with E-state index >= 15 is 0 Å². The molecule has 1 atom stereocenters. The van der Waals surface area contributed by atoms with Crippen molar-refractivity contribution in [2.24, 2.45) is 0 Å². The molecule has 2 aromatic heterocycles. The Bertz CT molecular complexity index is 1450. The minimum atomic E-state index is -1.00. The van der Waals surface area contributed by atoms with Crippen molar-refractivity contribution >= 4 is 28.5 Å². The Kier molecular flexibility index (Phi) is 6.95. The maximum absolute atomic E-state index is 14.1. The second kappa shape index (κ2) is 10.5. The molecule has 0 saturated heterocycles. The number of nitrogens with one attached hydrogen (secondary N) is 1. The van der Waals surface area contributed by atoms with Gasteiger partial charge in [0.1, 0.15) is 31.3 Å². The molecule has 0 radical (unpaired) electrons. The largest absolute Gasteiger partial charge is 0.486 e. The lowest BCUT2D eigenvalue weighted by Crippen LogP contribution is -2.51. The maximum Gasteiger partial charge on any atom is 0.249 e. The van der Waals surface area contributed by atoms with E-state index in [9.17, 15) is 9.59 Å². The standard InChI is InChI=1S/C28H30N6O4/c1-4-28(2,3)30-27(36)26(19-8-7-13-29-17-19)34(20-11-12-23-24(16-20)38-15-14-37-23)25(35)18-33-22-10-6-5-9-21(22)31-32-33/h5-13,16-17,26H,4,14-15,18H2,1-3H3,(H,30,36). The van der Waals surface area contributed by atoms with E-state index < -0.39 is 11.6 Å². The van der Waals surface area contributed by atoms with Gasteiger partial charge in [-0.3, -0.25) is 19.5 Å². The smallest absolute Gasteiger partial charge is 0.249 e. The summed E-state index contributed by atoms with van der Waals surface area (Å²) in [5, 5.41) is 11.5. The number of hydrogen-bond donors (Lipinski definition) is 1.